The van der Waals surface area contributed by atoms with E-state index in [1.807, 2.05) is 0 Å². The summed E-state index contributed by atoms with van der Waals surface area (Å²) in [6.07, 6.45) is 0.572. The van der Waals surface area contributed by atoms with Crippen LogP contribution < -0.4 is 5.32 Å². The molecule has 3 rings (SSSR count). The maximum atomic E-state index is 12.9. The summed E-state index contributed by atoms with van der Waals surface area (Å²) in [7, 11) is -7.16. The van der Waals surface area contributed by atoms with Gasteiger partial charge in [0, 0.05) is 12.1 Å². The monoisotopic (exact) mass is 425 g/mol. The number of hydrogen-bond donors (Lipinski definition) is 1. The fourth-order valence-electron chi connectivity index (χ4n) is 3.09. The molecule has 0 bridgehead atoms. The summed E-state index contributed by atoms with van der Waals surface area (Å²) in [5.74, 6) is -1.29. The van der Waals surface area contributed by atoms with Gasteiger partial charge in [-0.1, -0.05) is 18.2 Å². The Labute approximate surface area is 163 Å². The minimum absolute atomic E-state index is 0.0548. The molecule has 0 radical (unpaired) electrons. The normalized spacial score (nSPS) is 18.7. The van der Waals surface area contributed by atoms with Gasteiger partial charge in [0.2, 0.25) is 0 Å². The molecular formula is C19H20FNO5S2. The third kappa shape index (κ3) is 4.77. The maximum Gasteiger partial charge on any atom is 0.251 e. The minimum Gasteiger partial charge on any atom is -0.352 e. The van der Waals surface area contributed by atoms with E-state index in [1.165, 1.54) is 36.4 Å². The van der Waals surface area contributed by atoms with Gasteiger partial charge in [0.1, 0.15) is 5.82 Å². The van der Waals surface area contributed by atoms with Crippen molar-refractivity contribution >= 4 is 25.6 Å². The molecule has 0 aromatic heterocycles. The van der Waals surface area contributed by atoms with Gasteiger partial charge in [0.15, 0.2) is 19.7 Å². The van der Waals surface area contributed by atoms with Crippen molar-refractivity contribution in [3.05, 3.63) is 65.5 Å². The van der Waals surface area contributed by atoms with E-state index in [4.69, 9.17) is 0 Å². The Bertz CT molecular complexity index is 1080. The van der Waals surface area contributed by atoms with E-state index < -0.39 is 30.8 Å². The molecule has 150 valence electrons. The van der Waals surface area contributed by atoms with Gasteiger partial charge in [0.25, 0.3) is 5.91 Å². The van der Waals surface area contributed by atoms with Crippen LogP contribution in [0.2, 0.25) is 0 Å². The summed E-state index contributed by atoms with van der Waals surface area (Å²) >= 11 is 0. The lowest BCUT2D eigenvalue weighted by atomic mass is 10.1. The number of benzene rings is 2. The molecule has 1 aliphatic heterocycles. The summed E-state index contributed by atoms with van der Waals surface area (Å²) in [5, 5.41) is 1.72. The highest BCUT2D eigenvalue weighted by atomic mass is 32.2. The quantitative estimate of drug-likeness (QED) is 0.761. The van der Waals surface area contributed by atoms with Crippen molar-refractivity contribution in [2.24, 2.45) is 0 Å². The molecule has 1 N–H and O–H groups in total. The SMILES string of the molecule is O=C(NCCc1ccc(F)cc1)c1cccc(S(=O)(=O)[C@H]2CCS(=O)(=O)C2)c1. The molecule has 28 heavy (non-hydrogen) atoms. The van der Waals surface area contributed by atoms with Gasteiger partial charge in [-0.25, -0.2) is 21.2 Å². The Balaban J connectivity index is 1.67. The minimum atomic E-state index is -3.83. The van der Waals surface area contributed by atoms with Gasteiger partial charge in [-0.15, -0.1) is 0 Å². The highest BCUT2D eigenvalue weighted by molar-refractivity contribution is 7.96. The van der Waals surface area contributed by atoms with Crippen molar-refractivity contribution in [2.45, 2.75) is 23.0 Å². The van der Waals surface area contributed by atoms with Gasteiger partial charge >= 0.3 is 0 Å². The lowest BCUT2D eigenvalue weighted by Crippen LogP contribution is -2.26. The summed E-state index contributed by atoms with van der Waals surface area (Å²) < 4.78 is 61.5. The van der Waals surface area contributed by atoms with Gasteiger partial charge in [-0.2, -0.15) is 0 Å². The molecule has 0 saturated carbocycles. The smallest absolute Gasteiger partial charge is 0.251 e. The second-order valence-electron chi connectivity index (χ2n) is 6.73. The third-order valence-corrected chi connectivity index (χ3v) is 8.84. The number of halogens is 1. The first-order valence-electron chi connectivity index (χ1n) is 8.74. The van der Waals surface area contributed by atoms with E-state index in [2.05, 4.69) is 5.32 Å². The molecular weight excluding hydrogens is 405 g/mol. The standard InChI is InChI=1S/C19H20FNO5S2/c20-16-6-4-14(5-7-16)8-10-21-19(22)15-2-1-3-17(12-15)28(25,26)18-9-11-27(23,24)13-18/h1-7,12,18H,8-11,13H2,(H,21,22)/t18-/m0/s1. The second kappa shape index (κ2) is 8.00. The first kappa shape index (κ1) is 20.5. The molecule has 0 spiro atoms. The molecule has 1 fully saturated rings. The van der Waals surface area contributed by atoms with Crippen LogP contribution in [0.4, 0.5) is 4.39 Å². The zero-order chi connectivity index (χ0) is 20.4. The van der Waals surface area contributed by atoms with E-state index >= 15 is 0 Å². The van der Waals surface area contributed by atoms with Crippen molar-refractivity contribution in [1.82, 2.24) is 5.32 Å². The Morgan fingerprint density at radius 2 is 1.86 bits per heavy atom. The van der Waals surface area contributed by atoms with Crippen molar-refractivity contribution in [3.8, 4) is 0 Å². The fraction of sp³-hybridized carbons (Fsp3) is 0.316. The highest BCUT2D eigenvalue weighted by Gasteiger charge is 2.38. The third-order valence-electron chi connectivity index (χ3n) is 4.67. The summed E-state index contributed by atoms with van der Waals surface area (Å²) in [5.41, 5.74) is 1.04. The van der Waals surface area contributed by atoms with Gasteiger partial charge in [-0.3, -0.25) is 4.79 Å². The highest BCUT2D eigenvalue weighted by Crippen LogP contribution is 2.25. The Morgan fingerprint density at radius 3 is 2.50 bits per heavy atom. The van der Waals surface area contributed by atoms with Crippen molar-refractivity contribution in [3.63, 3.8) is 0 Å². The van der Waals surface area contributed by atoms with Crippen LogP contribution in [0.3, 0.4) is 0 Å². The molecule has 9 heteroatoms. The number of amides is 1. The van der Waals surface area contributed by atoms with E-state index in [9.17, 15) is 26.0 Å². The van der Waals surface area contributed by atoms with Crippen molar-refractivity contribution in [1.29, 1.82) is 0 Å². The van der Waals surface area contributed by atoms with Crippen LogP contribution in [0.1, 0.15) is 22.3 Å². The lowest BCUT2D eigenvalue weighted by molar-refractivity contribution is 0.0954. The van der Waals surface area contributed by atoms with Gasteiger partial charge in [-0.05, 0) is 48.7 Å². The molecule has 1 aliphatic rings. The molecule has 6 nitrogen and oxygen atoms in total. The summed E-state index contributed by atoms with van der Waals surface area (Å²) in [6.45, 7) is 0.308. The van der Waals surface area contributed by atoms with E-state index in [0.717, 1.165) is 5.56 Å². The van der Waals surface area contributed by atoms with Crippen LogP contribution in [0.5, 0.6) is 0 Å². The zero-order valence-corrected chi connectivity index (χ0v) is 16.6. The number of carbonyl (C=O) groups excluding carboxylic acids is 1. The van der Waals surface area contributed by atoms with Crippen molar-refractivity contribution < 1.29 is 26.0 Å². The molecule has 1 saturated heterocycles. The van der Waals surface area contributed by atoms with Crippen LogP contribution in [-0.2, 0) is 26.1 Å². The van der Waals surface area contributed by atoms with Crippen LogP contribution in [0, 0.1) is 5.82 Å². The van der Waals surface area contributed by atoms with Crippen molar-refractivity contribution in [2.75, 3.05) is 18.1 Å². The average molecular weight is 426 g/mol. The number of rotatable bonds is 6. The van der Waals surface area contributed by atoms with E-state index in [1.54, 1.807) is 12.1 Å². The van der Waals surface area contributed by atoms with Crippen LogP contribution in [0.25, 0.3) is 0 Å². The van der Waals surface area contributed by atoms with E-state index in [0.29, 0.717) is 13.0 Å². The molecule has 2 aromatic rings. The fourth-order valence-corrected chi connectivity index (χ4v) is 7.49. The Kier molecular flexibility index (Phi) is 5.85. The maximum absolute atomic E-state index is 12.9. The largest absolute Gasteiger partial charge is 0.352 e. The molecule has 1 atom stereocenters. The first-order valence-corrected chi connectivity index (χ1v) is 12.1. The number of nitrogens with one attached hydrogen (secondary N) is 1. The van der Waals surface area contributed by atoms with Gasteiger partial charge in [0.05, 0.1) is 21.7 Å². The number of carbonyl (C=O) groups is 1. The van der Waals surface area contributed by atoms with Crippen LogP contribution >= 0.6 is 0 Å². The predicted molar refractivity (Wildman–Crippen MR) is 103 cm³/mol. The molecule has 0 unspecified atom stereocenters. The second-order valence-corrected chi connectivity index (χ2v) is 11.2. The zero-order valence-electron chi connectivity index (χ0n) is 15.0. The number of hydrogen-bond acceptors (Lipinski definition) is 5. The van der Waals surface area contributed by atoms with Gasteiger partial charge < -0.3 is 5.32 Å². The Morgan fingerprint density at radius 1 is 1.14 bits per heavy atom. The average Bonchev–Trinajstić information content (AvgIpc) is 3.04. The first-order chi connectivity index (χ1) is 13.2. The lowest BCUT2D eigenvalue weighted by Gasteiger charge is -2.11. The van der Waals surface area contributed by atoms with Crippen LogP contribution in [-0.4, -0.2) is 46.0 Å². The van der Waals surface area contributed by atoms with Crippen LogP contribution in [0.15, 0.2) is 53.4 Å². The Hall–Kier alpha value is -2.26. The number of sulfone groups is 2. The summed E-state index contributed by atoms with van der Waals surface area (Å²) in [4.78, 5) is 12.3. The molecule has 1 heterocycles. The predicted octanol–water partition coefficient (Wildman–Crippen LogP) is 1.76. The van der Waals surface area contributed by atoms with E-state index in [-0.39, 0.29) is 34.2 Å². The molecule has 1 amide bonds. The summed E-state index contributed by atoms with van der Waals surface area (Å²) in [6, 6.07) is 11.5. The topological polar surface area (TPSA) is 97.4 Å². The molecule has 0 aliphatic carbocycles. The molecule has 2 aromatic carbocycles.